The molecule has 1 saturated heterocycles. The van der Waals surface area contributed by atoms with Crippen molar-refractivity contribution in [3.05, 3.63) is 41.5 Å². The lowest BCUT2D eigenvalue weighted by Gasteiger charge is -2.37. The maximum absolute atomic E-state index is 13.3. The van der Waals surface area contributed by atoms with Crippen LogP contribution in [-0.2, 0) is 22.4 Å². The van der Waals surface area contributed by atoms with Crippen molar-refractivity contribution in [2.45, 2.75) is 33.1 Å². The Hall–Kier alpha value is -1.90. The Morgan fingerprint density at radius 1 is 0.917 bits per heavy atom. The second kappa shape index (κ2) is 4.81. The number of allylic oxidation sites excluding steroid dienone is 2. The predicted molar refractivity (Wildman–Crippen MR) is 92.4 cm³/mol. The van der Waals surface area contributed by atoms with E-state index in [4.69, 9.17) is 0 Å². The summed E-state index contributed by atoms with van der Waals surface area (Å²) < 4.78 is 0. The van der Waals surface area contributed by atoms with Gasteiger partial charge in [-0.25, -0.2) is 4.90 Å². The number of aryl methyl sites for hydroxylation is 2. The Balaban J connectivity index is 1.63. The maximum atomic E-state index is 13.3. The van der Waals surface area contributed by atoms with Crippen LogP contribution in [0.25, 0.3) is 0 Å². The van der Waals surface area contributed by atoms with E-state index in [2.05, 4.69) is 38.1 Å². The van der Waals surface area contributed by atoms with Crippen LogP contribution >= 0.6 is 0 Å². The highest BCUT2D eigenvalue weighted by molar-refractivity contribution is 6.23. The van der Waals surface area contributed by atoms with Gasteiger partial charge in [0.2, 0.25) is 11.8 Å². The van der Waals surface area contributed by atoms with E-state index in [1.54, 1.807) is 4.90 Å². The Morgan fingerprint density at radius 3 is 1.88 bits per heavy atom. The molecule has 5 aliphatic rings. The van der Waals surface area contributed by atoms with E-state index < -0.39 is 0 Å². The van der Waals surface area contributed by atoms with E-state index in [-0.39, 0.29) is 23.7 Å². The normalized spacial score (nSPS) is 38.5. The van der Waals surface area contributed by atoms with Crippen molar-refractivity contribution < 1.29 is 9.59 Å². The van der Waals surface area contributed by atoms with Crippen LogP contribution in [0.3, 0.4) is 0 Å². The van der Waals surface area contributed by atoms with Gasteiger partial charge in [-0.15, -0.1) is 0 Å². The van der Waals surface area contributed by atoms with Crippen molar-refractivity contribution in [1.82, 2.24) is 0 Å². The third kappa shape index (κ3) is 1.63. The van der Waals surface area contributed by atoms with Gasteiger partial charge in [-0.2, -0.15) is 0 Å². The Bertz CT molecular complexity index is 722. The Kier molecular flexibility index (Phi) is 2.89. The van der Waals surface area contributed by atoms with E-state index in [0.717, 1.165) is 29.7 Å². The minimum absolute atomic E-state index is 0.0605. The number of carbonyl (C=O) groups is 2. The van der Waals surface area contributed by atoms with Crippen LogP contribution in [0.15, 0.2) is 30.4 Å². The summed E-state index contributed by atoms with van der Waals surface area (Å²) in [6.07, 6.45) is 7.36. The number of hydrogen-bond acceptors (Lipinski definition) is 2. The summed E-state index contributed by atoms with van der Waals surface area (Å²) in [7, 11) is 0. The van der Waals surface area contributed by atoms with Gasteiger partial charge in [0, 0.05) is 0 Å². The van der Waals surface area contributed by atoms with Crippen LogP contribution in [0.5, 0.6) is 0 Å². The van der Waals surface area contributed by atoms with E-state index in [0.29, 0.717) is 23.7 Å². The summed E-state index contributed by atoms with van der Waals surface area (Å²) in [4.78, 5) is 28.2. The summed E-state index contributed by atoms with van der Waals surface area (Å²) in [5, 5.41) is 0. The maximum Gasteiger partial charge on any atom is 0.238 e. The molecule has 1 aliphatic heterocycles. The molecule has 1 aromatic rings. The smallest absolute Gasteiger partial charge is 0.238 e. The molecule has 2 amide bonds. The van der Waals surface area contributed by atoms with Gasteiger partial charge in [0.1, 0.15) is 0 Å². The molecule has 1 heterocycles. The van der Waals surface area contributed by atoms with Crippen molar-refractivity contribution in [1.29, 1.82) is 0 Å². The lowest BCUT2D eigenvalue weighted by Crippen LogP contribution is -2.40. The molecule has 1 aromatic carbocycles. The number of hydrogen-bond donors (Lipinski definition) is 0. The molecule has 0 radical (unpaired) electrons. The van der Waals surface area contributed by atoms with Crippen molar-refractivity contribution in [3.63, 3.8) is 0 Å². The molecule has 3 fully saturated rings. The molecule has 0 aromatic heterocycles. The number of anilines is 1. The van der Waals surface area contributed by atoms with Crippen molar-refractivity contribution >= 4 is 17.5 Å². The largest absolute Gasteiger partial charge is 0.274 e. The number of para-hydroxylation sites is 1. The second-order valence-electron chi connectivity index (χ2n) is 7.80. The average molecular weight is 321 g/mol. The lowest BCUT2D eigenvalue weighted by atomic mass is 9.63. The molecule has 6 atom stereocenters. The number of imide groups is 1. The predicted octanol–water partition coefficient (Wildman–Crippen LogP) is 3.37. The van der Waals surface area contributed by atoms with Gasteiger partial charge >= 0.3 is 0 Å². The molecular weight excluding hydrogens is 298 g/mol. The van der Waals surface area contributed by atoms with Crippen LogP contribution in [0.2, 0.25) is 0 Å². The third-order valence-electron chi connectivity index (χ3n) is 6.85. The molecule has 3 heteroatoms. The minimum Gasteiger partial charge on any atom is -0.274 e. The Morgan fingerprint density at radius 2 is 1.42 bits per heavy atom. The fourth-order valence-corrected chi connectivity index (χ4v) is 5.68. The molecular formula is C21H23NO2. The molecule has 0 N–H and O–H groups in total. The van der Waals surface area contributed by atoms with Crippen LogP contribution in [0.1, 0.15) is 31.4 Å². The van der Waals surface area contributed by atoms with E-state index in [9.17, 15) is 9.59 Å². The zero-order valence-corrected chi connectivity index (χ0v) is 14.2. The van der Waals surface area contributed by atoms with Gasteiger partial charge in [0.05, 0.1) is 17.5 Å². The standard InChI is InChI=1S/C21H23NO2/c1-3-11-6-5-7-12(4-2)19(11)22-20(23)17-13-8-9-14(16-10-15(13)16)18(17)21(22)24/h5-9,13-18H,3-4,10H2,1-2H3/t13-,14-,15-,16+,17+,18+/m0/s1. The van der Waals surface area contributed by atoms with Gasteiger partial charge in [-0.3, -0.25) is 9.59 Å². The minimum atomic E-state index is -0.106. The first-order valence-corrected chi connectivity index (χ1v) is 9.34. The first-order chi connectivity index (χ1) is 11.7. The number of nitrogens with zero attached hydrogens (tertiary/aromatic N) is 1. The molecule has 6 rings (SSSR count). The zero-order valence-electron chi connectivity index (χ0n) is 14.2. The molecule has 0 unspecified atom stereocenters. The number of amides is 2. The van der Waals surface area contributed by atoms with Crippen molar-refractivity contribution in [2.75, 3.05) is 4.90 Å². The highest BCUT2D eigenvalue weighted by Gasteiger charge is 2.67. The van der Waals surface area contributed by atoms with Crippen LogP contribution in [0, 0.1) is 35.5 Å². The summed E-state index contributed by atoms with van der Waals surface area (Å²) in [5.74, 6) is 1.82. The molecule has 124 valence electrons. The number of rotatable bonds is 3. The van der Waals surface area contributed by atoms with Gasteiger partial charge in [0.25, 0.3) is 0 Å². The van der Waals surface area contributed by atoms with Crippen LogP contribution in [-0.4, -0.2) is 11.8 Å². The molecule has 3 nitrogen and oxygen atoms in total. The number of benzene rings is 1. The lowest BCUT2D eigenvalue weighted by molar-refractivity contribution is -0.124. The summed E-state index contributed by atoms with van der Waals surface area (Å²) in [6.45, 7) is 4.19. The monoisotopic (exact) mass is 321 g/mol. The first kappa shape index (κ1) is 14.4. The molecule has 0 spiro atoms. The second-order valence-corrected chi connectivity index (χ2v) is 7.80. The highest BCUT2D eigenvalue weighted by atomic mass is 16.2. The van der Waals surface area contributed by atoms with Gasteiger partial charge in [-0.05, 0) is 54.1 Å². The first-order valence-electron chi connectivity index (χ1n) is 9.34. The van der Waals surface area contributed by atoms with Crippen LogP contribution < -0.4 is 4.90 Å². The van der Waals surface area contributed by atoms with Crippen molar-refractivity contribution in [3.8, 4) is 0 Å². The quantitative estimate of drug-likeness (QED) is 0.632. The fourth-order valence-electron chi connectivity index (χ4n) is 5.68. The highest BCUT2D eigenvalue weighted by Crippen LogP contribution is 2.65. The zero-order chi connectivity index (χ0) is 16.6. The van der Waals surface area contributed by atoms with Crippen molar-refractivity contribution in [2.24, 2.45) is 35.5 Å². The SMILES string of the molecule is CCc1cccc(CC)c1N1C(=O)[C@@H]2[C@H]3C=C[C@@H]([C@@H]4C[C@H]34)[C@H]2C1=O. The van der Waals surface area contributed by atoms with Gasteiger partial charge in [0.15, 0.2) is 0 Å². The fraction of sp³-hybridized carbons (Fsp3) is 0.524. The Labute approximate surface area is 142 Å². The number of carbonyl (C=O) groups excluding carboxylic acids is 2. The van der Waals surface area contributed by atoms with E-state index in [1.165, 1.54) is 6.42 Å². The molecule has 24 heavy (non-hydrogen) atoms. The summed E-state index contributed by atoms with van der Waals surface area (Å²) >= 11 is 0. The molecule has 2 bridgehead atoms. The van der Waals surface area contributed by atoms with Gasteiger partial charge in [-0.1, -0.05) is 44.2 Å². The van der Waals surface area contributed by atoms with Gasteiger partial charge < -0.3 is 0 Å². The summed E-state index contributed by atoms with van der Waals surface area (Å²) in [5.41, 5.74) is 3.11. The van der Waals surface area contributed by atoms with E-state index in [1.807, 2.05) is 6.07 Å². The third-order valence-corrected chi connectivity index (χ3v) is 6.85. The van der Waals surface area contributed by atoms with E-state index >= 15 is 0 Å². The van der Waals surface area contributed by atoms with Crippen LogP contribution in [0.4, 0.5) is 5.69 Å². The molecule has 4 aliphatic carbocycles. The molecule has 2 saturated carbocycles. The summed E-state index contributed by atoms with van der Waals surface area (Å²) in [6, 6.07) is 6.16. The topological polar surface area (TPSA) is 37.4 Å². The average Bonchev–Trinajstić information content (AvgIpc) is 3.39.